The molecule has 0 radical (unpaired) electrons. The lowest BCUT2D eigenvalue weighted by molar-refractivity contribution is -0.958. The number of likely N-dealkylation sites (N-methyl/N-ethyl adjacent to an activating group) is 1. The summed E-state index contributed by atoms with van der Waals surface area (Å²) in [6, 6.07) is 0.847. The van der Waals surface area contributed by atoms with E-state index in [9.17, 15) is 4.79 Å². The number of rotatable bonds is 5. The second kappa shape index (κ2) is 5.85. The third-order valence-corrected chi connectivity index (χ3v) is 3.49. The lowest BCUT2D eigenvalue weighted by atomic mass is 10.1. The molecule has 0 aliphatic heterocycles. The minimum Gasteiger partial charge on any atom is -0.456 e. The molecule has 17 heavy (non-hydrogen) atoms. The van der Waals surface area contributed by atoms with E-state index in [1.807, 2.05) is 20.8 Å². The molecule has 0 aromatic heterocycles. The fourth-order valence-electron chi connectivity index (χ4n) is 2.42. The molecule has 0 aromatic rings. The van der Waals surface area contributed by atoms with Crippen LogP contribution in [0.25, 0.3) is 0 Å². The minimum absolute atomic E-state index is 0.0956. The van der Waals surface area contributed by atoms with Crippen molar-refractivity contribution in [2.45, 2.75) is 73.1 Å². The summed E-state index contributed by atoms with van der Waals surface area (Å²) in [6.07, 6.45) is 0. The van der Waals surface area contributed by atoms with Crippen molar-refractivity contribution in [3.8, 4) is 0 Å². The highest BCUT2D eigenvalue weighted by atomic mass is 16.6. The van der Waals surface area contributed by atoms with Crippen LogP contribution in [0, 0.1) is 0 Å². The lowest BCUT2D eigenvalue weighted by Crippen LogP contribution is -2.60. The number of esters is 1. The fourth-order valence-corrected chi connectivity index (χ4v) is 2.42. The first kappa shape index (κ1) is 16.4. The van der Waals surface area contributed by atoms with Crippen molar-refractivity contribution in [2.75, 3.05) is 13.1 Å². The van der Waals surface area contributed by atoms with Gasteiger partial charge in [0, 0.05) is 0 Å². The Labute approximate surface area is 107 Å². The lowest BCUT2D eigenvalue weighted by Gasteiger charge is -2.44. The first-order chi connectivity index (χ1) is 7.55. The molecular formula is C14H30NO2+. The zero-order valence-corrected chi connectivity index (χ0v) is 12.8. The van der Waals surface area contributed by atoms with Crippen LogP contribution in [0.4, 0.5) is 0 Å². The summed E-state index contributed by atoms with van der Waals surface area (Å²) in [5.41, 5.74) is -0.394. The largest absolute Gasteiger partial charge is 0.456 e. The Morgan fingerprint density at radius 1 is 1.12 bits per heavy atom. The van der Waals surface area contributed by atoms with Crippen LogP contribution in [0.3, 0.4) is 0 Å². The maximum absolute atomic E-state index is 12.0. The molecule has 102 valence electrons. The van der Waals surface area contributed by atoms with E-state index in [1.165, 1.54) is 0 Å². The van der Waals surface area contributed by atoms with Gasteiger partial charge in [-0.25, -0.2) is 4.79 Å². The van der Waals surface area contributed by atoms with Gasteiger partial charge in [0.2, 0.25) is 0 Å². The van der Waals surface area contributed by atoms with Crippen LogP contribution >= 0.6 is 0 Å². The van der Waals surface area contributed by atoms with Gasteiger partial charge < -0.3 is 9.22 Å². The van der Waals surface area contributed by atoms with Crippen molar-refractivity contribution >= 4 is 5.97 Å². The van der Waals surface area contributed by atoms with Gasteiger partial charge in [0.25, 0.3) is 0 Å². The number of nitrogens with zero attached hydrogens (tertiary/aromatic N) is 1. The molecule has 0 atom stereocenters. The van der Waals surface area contributed by atoms with Gasteiger partial charge in [0.1, 0.15) is 5.60 Å². The molecule has 0 aliphatic rings. The van der Waals surface area contributed by atoms with Crippen molar-refractivity contribution in [1.82, 2.24) is 0 Å². The van der Waals surface area contributed by atoms with E-state index in [0.717, 1.165) is 11.0 Å². The van der Waals surface area contributed by atoms with Crippen LogP contribution in [-0.2, 0) is 9.53 Å². The second-order valence-corrected chi connectivity index (χ2v) is 6.35. The molecule has 0 spiro atoms. The van der Waals surface area contributed by atoms with Crippen LogP contribution in [0.15, 0.2) is 0 Å². The predicted molar refractivity (Wildman–Crippen MR) is 71.8 cm³/mol. The average molecular weight is 244 g/mol. The number of ether oxygens (including phenoxy) is 1. The van der Waals surface area contributed by atoms with Gasteiger partial charge in [0.05, 0.1) is 18.6 Å². The van der Waals surface area contributed by atoms with E-state index >= 15 is 0 Å². The zero-order chi connectivity index (χ0) is 13.9. The molecule has 0 saturated heterocycles. The van der Waals surface area contributed by atoms with Crippen molar-refractivity contribution < 1.29 is 14.0 Å². The van der Waals surface area contributed by atoms with E-state index in [2.05, 4.69) is 34.6 Å². The van der Waals surface area contributed by atoms with E-state index in [1.54, 1.807) is 0 Å². The van der Waals surface area contributed by atoms with E-state index in [0.29, 0.717) is 18.6 Å². The standard InChI is InChI=1S/C14H30NO2/c1-9-15(11(2)3,12(4)5)10-13(16)17-14(6,7)8/h11-12H,9-10H2,1-8H3/q+1. The molecule has 0 amide bonds. The highest BCUT2D eigenvalue weighted by Gasteiger charge is 2.36. The Morgan fingerprint density at radius 2 is 1.53 bits per heavy atom. The Hall–Kier alpha value is -0.570. The summed E-state index contributed by atoms with van der Waals surface area (Å²) in [5.74, 6) is -0.0956. The maximum Gasteiger partial charge on any atom is 0.362 e. The molecule has 0 N–H and O–H groups in total. The molecule has 0 bridgehead atoms. The Morgan fingerprint density at radius 3 is 1.76 bits per heavy atom. The molecule has 0 saturated carbocycles. The molecule has 0 aromatic carbocycles. The molecule has 0 fully saturated rings. The number of hydrogen-bond acceptors (Lipinski definition) is 2. The van der Waals surface area contributed by atoms with Crippen LogP contribution in [-0.4, -0.2) is 41.2 Å². The van der Waals surface area contributed by atoms with Gasteiger partial charge in [-0.2, -0.15) is 0 Å². The predicted octanol–water partition coefficient (Wildman–Crippen LogP) is 2.98. The highest BCUT2D eigenvalue weighted by Crippen LogP contribution is 2.20. The Bertz CT molecular complexity index is 243. The number of carbonyl (C=O) groups is 1. The van der Waals surface area contributed by atoms with Gasteiger partial charge >= 0.3 is 5.97 Å². The molecule has 0 unspecified atom stereocenters. The van der Waals surface area contributed by atoms with Gasteiger partial charge in [-0.1, -0.05) is 0 Å². The number of hydrogen-bond donors (Lipinski definition) is 0. The van der Waals surface area contributed by atoms with Gasteiger partial charge in [0.15, 0.2) is 6.54 Å². The summed E-state index contributed by atoms with van der Waals surface area (Å²) in [7, 11) is 0. The van der Waals surface area contributed by atoms with Crippen LogP contribution in [0.5, 0.6) is 0 Å². The maximum atomic E-state index is 12.0. The SMILES string of the molecule is CC[N+](CC(=O)OC(C)(C)C)(C(C)C)C(C)C. The first-order valence-electron chi connectivity index (χ1n) is 6.63. The summed E-state index contributed by atoms with van der Waals surface area (Å²) in [5, 5.41) is 0. The zero-order valence-electron chi connectivity index (χ0n) is 12.8. The van der Waals surface area contributed by atoms with Crippen LogP contribution in [0.1, 0.15) is 55.4 Å². The molecule has 3 nitrogen and oxygen atoms in total. The van der Waals surface area contributed by atoms with Crippen molar-refractivity contribution in [2.24, 2.45) is 0 Å². The van der Waals surface area contributed by atoms with Crippen LogP contribution < -0.4 is 0 Å². The fraction of sp³-hybridized carbons (Fsp3) is 0.929. The van der Waals surface area contributed by atoms with Crippen molar-refractivity contribution in [3.05, 3.63) is 0 Å². The number of quaternary nitrogens is 1. The van der Waals surface area contributed by atoms with Gasteiger partial charge in [-0.05, 0) is 55.4 Å². The van der Waals surface area contributed by atoms with E-state index < -0.39 is 5.60 Å². The third kappa shape index (κ3) is 4.66. The number of carbonyl (C=O) groups excluding carboxylic acids is 1. The summed E-state index contributed by atoms with van der Waals surface area (Å²) >= 11 is 0. The van der Waals surface area contributed by atoms with E-state index in [4.69, 9.17) is 4.74 Å². The third-order valence-electron chi connectivity index (χ3n) is 3.49. The van der Waals surface area contributed by atoms with Gasteiger partial charge in [-0.15, -0.1) is 0 Å². The Balaban J connectivity index is 4.83. The van der Waals surface area contributed by atoms with Crippen molar-refractivity contribution in [3.63, 3.8) is 0 Å². The Kier molecular flexibility index (Phi) is 5.66. The molecule has 0 rings (SSSR count). The normalized spacial score (nSPS) is 13.3. The molecule has 0 heterocycles. The van der Waals surface area contributed by atoms with Crippen molar-refractivity contribution in [1.29, 1.82) is 0 Å². The van der Waals surface area contributed by atoms with Crippen LogP contribution in [0.2, 0.25) is 0 Å². The first-order valence-corrected chi connectivity index (χ1v) is 6.63. The summed E-state index contributed by atoms with van der Waals surface area (Å²) in [6.45, 7) is 18.0. The quantitative estimate of drug-likeness (QED) is 0.549. The average Bonchev–Trinajstić information content (AvgIpc) is 2.09. The molecule has 3 heteroatoms. The molecular weight excluding hydrogens is 214 g/mol. The monoisotopic (exact) mass is 244 g/mol. The topological polar surface area (TPSA) is 26.3 Å². The van der Waals surface area contributed by atoms with E-state index in [-0.39, 0.29) is 5.97 Å². The van der Waals surface area contributed by atoms with Gasteiger partial charge in [-0.3, -0.25) is 0 Å². The highest BCUT2D eigenvalue weighted by molar-refractivity contribution is 5.71. The molecule has 0 aliphatic carbocycles. The smallest absolute Gasteiger partial charge is 0.362 e. The summed E-state index contributed by atoms with van der Waals surface area (Å²) in [4.78, 5) is 12.0. The second-order valence-electron chi connectivity index (χ2n) is 6.35. The minimum atomic E-state index is -0.394. The summed E-state index contributed by atoms with van der Waals surface area (Å²) < 4.78 is 6.23.